The van der Waals surface area contributed by atoms with Crippen LogP contribution in [0, 0.1) is 0 Å². The number of nitrogens with one attached hydrogen (secondary N) is 1. The molecule has 2 aromatic rings. The quantitative estimate of drug-likeness (QED) is 0.538. The first-order chi connectivity index (χ1) is 12.0. The van der Waals surface area contributed by atoms with Crippen LogP contribution < -0.4 is 16.0 Å². The van der Waals surface area contributed by atoms with E-state index in [0.717, 1.165) is 0 Å². The topological polar surface area (TPSA) is 134 Å². The van der Waals surface area contributed by atoms with Gasteiger partial charge in [-0.1, -0.05) is 0 Å². The summed E-state index contributed by atoms with van der Waals surface area (Å²) in [6.07, 6.45) is -3.67. The third-order valence-electron chi connectivity index (χ3n) is 4.17. The molecular formula is C16H18N2O7. The van der Waals surface area contributed by atoms with Gasteiger partial charge in [0.1, 0.15) is 30.2 Å². The lowest BCUT2D eigenvalue weighted by Gasteiger charge is -2.15. The Morgan fingerprint density at radius 2 is 1.88 bits per heavy atom. The van der Waals surface area contributed by atoms with E-state index in [1.807, 2.05) is 0 Å². The third-order valence-corrected chi connectivity index (χ3v) is 4.17. The largest absolute Gasteiger partial charge is 0.497 e. The number of hydrogen-bond acceptors (Lipinski definition) is 7. The van der Waals surface area contributed by atoms with Crippen molar-refractivity contribution in [2.24, 2.45) is 0 Å². The maximum absolute atomic E-state index is 12.1. The predicted molar refractivity (Wildman–Crippen MR) is 85.9 cm³/mol. The number of ether oxygens (including phenoxy) is 2. The highest BCUT2D eigenvalue weighted by Gasteiger charge is 2.44. The summed E-state index contributed by atoms with van der Waals surface area (Å²) in [4.78, 5) is 26.4. The minimum absolute atomic E-state index is 0.0297. The summed E-state index contributed by atoms with van der Waals surface area (Å²) in [6, 6.07) is 6.55. The van der Waals surface area contributed by atoms with E-state index < -0.39 is 42.3 Å². The lowest BCUT2D eigenvalue weighted by molar-refractivity contribution is -0.0233. The van der Waals surface area contributed by atoms with E-state index in [-0.39, 0.29) is 5.56 Å². The van der Waals surface area contributed by atoms with E-state index in [9.17, 15) is 19.8 Å². The monoisotopic (exact) mass is 350 g/mol. The molecule has 0 unspecified atom stereocenters. The fraction of sp³-hybridized carbons (Fsp3) is 0.375. The Labute approximate surface area is 141 Å². The molecule has 4 N–H and O–H groups in total. The van der Waals surface area contributed by atoms with E-state index in [2.05, 4.69) is 4.98 Å². The lowest BCUT2D eigenvalue weighted by Crippen LogP contribution is -2.35. The van der Waals surface area contributed by atoms with Crippen molar-refractivity contribution in [3.63, 3.8) is 0 Å². The number of rotatable bonds is 4. The number of aliphatic hydroxyl groups is 3. The van der Waals surface area contributed by atoms with Crippen LogP contribution in [0.25, 0.3) is 5.69 Å². The smallest absolute Gasteiger partial charge is 0.332 e. The van der Waals surface area contributed by atoms with Crippen molar-refractivity contribution in [1.82, 2.24) is 9.55 Å². The van der Waals surface area contributed by atoms with Crippen LogP contribution >= 0.6 is 0 Å². The van der Waals surface area contributed by atoms with Crippen molar-refractivity contribution in [3.8, 4) is 11.4 Å². The average Bonchev–Trinajstić information content (AvgIpc) is 2.90. The summed E-state index contributed by atoms with van der Waals surface area (Å²) in [5.41, 5.74) is -0.955. The maximum atomic E-state index is 12.1. The summed E-state index contributed by atoms with van der Waals surface area (Å²) in [7, 11) is 1.51. The van der Waals surface area contributed by atoms with Crippen LogP contribution in [0.2, 0.25) is 0 Å². The van der Waals surface area contributed by atoms with Crippen molar-refractivity contribution in [1.29, 1.82) is 0 Å². The highest BCUT2D eigenvalue weighted by atomic mass is 16.6. The molecule has 0 bridgehead atoms. The zero-order valence-electron chi connectivity index (χ0n) is 13.3. The van der Waals surface area contributed by atoms with E-state index in [4.69, 9.17) is 14.6 Å². The van der Waals surface area contributed by atoms with Crippen molar-refractivity contribution < 1.29 is 24.8 Å². The first-order valence-electron chi connectivity index (χ1n) is 7.59. The second kappa shape index (κ2) is 6.81. The molecule has 4 atom stereocenters. The fourth-order valence-electron chi connectivity index (χ4n) is 2.78. The number of aliphatic hydroxyl groups excluding tert-OH is 3. The highest BCUT2D eigenvalue weighted by molar-refractivity contribution is 5.37. The van der Waals surface area contributed by atoms with Gasteiger partial charge in [-0.3, -0.25) is 14.3 Å². The van der Waals surface area contributed by atoms with Crippen LogP contribution in [0.4, 0.5) is 0 Å². The number of H-pyrrole nitrogens is 1. The lowest BCUT2D eigenvalue weighted by atomic mass is 10.0. The maximum Gasteiger partial charge on any atom is 0.332 e. The fourth-order valence-corrected chi connectivity index (χ4v) is 2.78. The van der Waals surface area contributed by atoms with Crippen LogP contribution in [0.5, 0.6) is 5.75 Å². The zero-order valence-corrected chi connectivity index (χ0v) is 13.3. The molecular weight excluding hydrogens is 332 g/mol. The second-order valence-electron chi connectivity index (χ2n) is 5.67. The second-order valence-corrected chi connectivity index (χ2v) is 5.67. The average molecular weight is 350 g/mol. The predicted octanol–water partition coefficient (Wildman–Crippen LogP) is -1.31. The normalized spacial score (nSPS) is 25.9. The van der Waals surface area contributed by atoms with Crippen LogP contribution in [0.1, 0.15) is 11.7 Å². The Morgan fingerprint density at radius 3 is 2.44 bits per heavy atom. The first-order valence-corrected chi connectivity index (χ1v) is 7.59. The summed E-state index contributed by atoms with van der Waals surface area (Å²) >= 11 is 0. The minimum atomic E-state index is -1.40. The molecule has 0 radical (unpaired) electrons. The number of aromatic nitrogens is 2. The minimum Gasteiger partial charge on any atom is -0.497 e. The zero-order chi connectivity index (χ0) is 18.1. The molecule has 1 aliphatic rings. The molecule has 0 saturated carbocycles. The Kier molecular flexibility index (Phi) is 4.73. The molecule has 0 aliphatic carbocycles. The molecule has 0 amide bonds. The van der Waals surface area contributed by atoms with Gasteiger partial charge < -0.3 is 24.8 Å². The van der Waals surface area contributed by atoms with Crippen molar-refractivity contribution in [2.45, 2.75) is 24.4 Å². The van der Waals surface area contributed by atoms with Crippen LogP contribution in [-0.4, -0.2) is 56.9 Å². The number of aromatic amines is 1. The van der Waals surface area contributed by atoms with E-state index in [1.54, 1.807) is 24.3 Å². The Bertz CT molecular complexity index is 858. The Balaban J connectivity index is 2.04. The van der Waals surface area contributed by atoms with Gasteiger partial charge in [0.15, 0.2) is 0 Å². The molecule has 1 aromatic heterocycles. The Hall–Kier alpha value is -2.46. The van der Waals surface area contributed by atoms with Crippen molar-refractivity contribution in [3.05, 3.63) is 56.9 Å². The van der Waals surface area contributed by atoms with E-state index >= 15 is 0 Å². The van der Waals surface area contributed by atoms with Gasteiger partial charge in [-0.25, -0.2) is 4.79 Å². The molecule has 1 saturated heterocycles. The van der Waals surface area contributed by atoms with Crippen molar-refractivity contribution >= 4 is 0 Å². The molecule has 1 aliphatic heterocycles. The van der Waals surface area contributed by atoms with Gasteiger partial charge in [0.05, 0.1) is 25.0 Å². The molecule has 1 fully saturated rings. The first kappa shape index (κ1) is 17.4. The summed E-state index contributed by atoms with van der Waals surface area (Å²) < 4.78 is 11.6. The molecule has 1 aromatic carbocycles. The number of nitrogens with zero attached hydrogens (tertiary/aromatic N) is 1. The van der Waals surface area contributed by atoms with Crippen molar-refractivity contribution in [2.75, 3.05) is 13.7 Å². The third kappa shape index (κ3) is 3.10. The Morgan fingerprint density at radius 1 is 1.20 bits per heavy atom. The molecule has 0 spiro atoms. The molecule has 2 heterocycles. The number of benzene rings is 1. The van der Waals surface area contributed by atoms with Gasteiger partial charge >= 0.3 is 5.69 Å². The SMILES string of the molecule is COc1ccc(-n2cc([C@@H]3O[C@H](CO)[C@@H](O)[C@H]3O)c(=O)[nH]c2=O)cc1. The van der Waals surface area contributed by atoms with Gasteiger partial charge in [0.2, 0.25) is 0 Å². The molecule has 9 heteroatoms. The summed E-state index contributed by atoms with van der Waals surface area (Å²) in [6.45, 7) is -0.509. The van der Waals surface area contributed by atoms with Gasteiger partial charge in [0.25, 0.3) is 5.56 Å². The summed E-state index contributed by atoms with van der Waals surface area (Å²) in [5.74, 6) is 0.602. The van der Waals surface area contributed by atoms with Gasteiger partial charge in [-0.15, -0.1) is 0 Å². The van der Waals surface area contributed by atoms with Gasteiger partial charge in [-0.05, 0) is 24.3 Å². The van der Waals surface area contributed by atoms with Crippen LogP contribution in [0.3, 0.4) is 0 Å². The highest BCUT2D eigenvalue weighted by Crippen LogP contribution is 2.31. The number of hydrogen-bond donors (Lipinski definition) is 4. The molecule has 134 valence electrons. The standard InChI is InChI=1S/C16H18N2O7/c1-24-9-4-2-8(3-5-9)18-6-10(15(22)17-16(18)23)14-13(21)12(20)11(7-19)25-14/h2-6,11-14,19-21H,7H2,1H3,(H,17,22,23)/t11-,12-,13-,14+/m1/s1. The number of methoxy groups -OCH3 is 1. The van der Waals surface area contributed by atoms with Crippen LogP contribution in [0.15, 0.2) is 40.1 Å². The molecule has 9 nitrogen and oxygen atoms in total. The summed E-state index contributed by atoms with van der Waals surface area (Å²) in [5, 5.41) is 29.1. The van der Waals surface area contributed by atoms with E-state index in [0.29, 0.717) is 11.4 Å². The van der Waals surface area contributed by atoms with Crippen LogP contribution in [-0.2, 0) is 4.74 Å². The van der Waals surface area contributed by atoms with Gasteiger partial charge in [-0.2, -0.15) is 0 Å². The van der Waals surface area contributed by atoms with Gasteiger partial charge in [0, 0.05) is 6.20 Å². The molecule has 25 heavy (non-hydrogen) atoms. The van der Waals surface area contributed by atoms with E-state index in [1.165, 1.54) is 17.9 Å². The molecule has 3 rings (SSSR count).